The van der Waals surface area contributed by atoms with E-state index in [9.17, 15) is 17.6 Å². The van der Waals surface area contributed by atoms with Crippen LogP contribution >= 0.6 is 11.6 Å². The number of hydrogen-bond acceptors (Lipinski definition) is 5. The molecule has 4 rings (SSSR count). The molecule has 0 radical (unpaired) electrons. The molecule has 0 atom stereocenters. The molecule has 2 heterocycles. The number of halogens is 2. The molecule has 1 amide bonds. The Bertz CT molecular complexity index is 1210. The van der Waals surface area contributed by atoms with Gasteiger partial charge in [0.2, 0.25) is 15.9 Å². The van der Waals surface area contributed by atoms with Gasteiger partial charge in [-0.1, -0.05) is 23.7 Å². The second kappa shape index (κ2) is 9.40. The van der Waals surface area contributed by atoms with Gasteiger partial charge in [0, 0.05) is 44.6 Å². The Labute approximate surface area is 190 Å². The van der Waals surface area contributed by atoms with Crippen molar-refractivity contribution in [3.05, 3.63) is 71.5 Å². The van der Waals surface area contributed by atoms with E-state index < -0.39 is 10.0 Å². The second-order valence-corrected chi connectivity index (χ2v) is 9.65. The summed E-state index contributed by atoms with van der Waals surface area (Å²) < 4.78 is 45.7. The maximum Gasteiger partial charge on any atom is 0.244 e. The minimum atomic E-state index is -3.71. The fraction of sp³-hybridized carbons (Fsp3) is 0.273. The van der Waals surface area contributed by atoms with Crippen LogP contribution < -0.4 is 0 Å². The Morgan fingerprint density at radius 1 is 1.06 bits per heavy atom. The molecule has 7 nitrogen and oxygen atoms in total. The zero-order valence-corrected chi connectivity index (χ0v) is 18.7. The number of piperazine rings is 1. The molecule has 0 aliphatic carbocycles. The first kappa shape index (κ1) is 22.4. The molecule has 1 aromatic heterocycles. The van der Waals surface area contributed by atoms with Gasteiger partial charge in [0.15, 0.2) is 11.7 Å². The zero-order chi connectivity index (χ0) is 22.7. The van der Waals surface area contributed by atoms with Crippen LogP contribution in [-0.4, -0.2) is 54.7 Å². The molecule has 0 N–H and O–H groups in total. The quantitative estimate of drug-likeness (QED) is 0.541. The minimum Gasteiger partial charge on any atom is -0.441 e. The van der Waals surface area contributed by atoms with Crippen LogP contribution in [0.15, 0.2) is 64.0 Å². The van der Waals surface area contributed by atoms with Crippen LogP contribution in [0.4, 0.5) is 4.39 Å². The highest BCUT2D eigenvalue weighted by Crippen LogP contribution is 2.25. The molecule has 10 heteroatoms. The van der Waals surface area contributed by atoms with Gasteiger partial charge in [-0.15, -0.1) is 0 Å². The lowest BCUT2D eigenvalue weighted by atomic mass is 10.2. The number of amides is 1. The predicted molar refractivity (Wildman–Crippen MR) is 117 cm³/mol. The number of carbonyl (C=O) groups excluding carboxylic acids is 1. The molecular formula is C22H21ClFN3O4S. The van der Waals surface area contributed by atoms with E-state index >= 15 is 0 Å². The Kier molecular flexibility index (Phi) is 6.59. The highest BCUT2D eigenvalue weighted by atomic mass is 35.5. The van der Waals surface area contributed by atoms with Crippen LogP contribution in [0.5, 0.6) is 0 Å². The van der Waals surface area contributed by atoms with Gasteiger partial charge in [-0.2, -0.15) is 4.31 Å². The van der Waals surface area contributed by atoms with Gasteiger partial charge in [0.25, 0.3) is 0 Å². The minimum absolute atomic E-state index is 0.0716. The summed E-state index contributed by atoms with van der Waals surface area (Å²) in [5.74, 6) is 0.489. The molecule has 2 aromatic carbocycles. The van der Waals surface area contributed by atoms with Crippen molar-refractivity contribution in [2.45, 2.75) is 17.7 Å². The molecule has 1 aliphatic heterocycles. The summed E-state index contributed by atoms with van der Waals surface area (Å²) in [5, 5.41) is 0.178. The van der Waals surface area contributed by atoms with Crippen molar-refractivity contribution in [1.29, 1.82) is 0 Å². The van der Waals surface area contributed by atoms with E-state index in [-0.39, 0.29) is 41.2 Å². The molecule has 0 bridgehead atoms. The second-order valence-electron chi connectivity index (χ2n) is 7.34. The first-order valence-electron chi connectivity index (χ1n) is 10.1. The first-order chi connectivity index (χ1) is 15.3. The van der Waals surface area contributed by atoms with E-state index in [1.165, 1.54) is 22.5 Å². The maximum absolute atomic E-state index is 13.1. The molecule has 32 heavy (non-hydrogen) atoms. The van der Waals surface area contributed by atoms with Gasteiger partial charge in [-0.05, 0) is 36.4 Å². The monoisotopic (exact) mass is 477 g/mol. The van der Waals surface area contributed by atoms with Gasteiger partial charge in [0.05, 0.1) is 11.2 Å². The van der Waals surface area contributed by atoms with E-state index in [0.29, 0.717) is 36.7 Å². The van der Waals surface area contributed by atoms with Crippen molar-refractivity contribution >= 4 is 27.5 Å². The summed E-state index contributed by atoms with van der Waals surface area (Å²) in [6, 6.07) is 12.2. The molecule has 3 aromatic rings. The lowest BCUT2D eigenvalue weighted by molar-refractivity contribution is -0.132. The van der Waals surface area contributed by atoms with Crippen LogP contribution in [-0.2, 0) is 21.2 Å². The average Bonchev–Trinajstić information content (AvgIpc) is 3.27. The SMILES string of the molecule is O=C(CCc1ncc(-c2ccc(F)cc2)o1)N1CCN(S(=O)(=O)c2ccccc2Cl)CC1. The summed E-state index contributed by atoms with van der Waals surface area (Å²) in [6.45, 7) is 1.00. The third-order valence-corrected chi connectivity index (χ3v) is 7.68. The van der Waals surface area contributed by atoms with Crippen LogP contribution in [0.1, 0.15) is 12.3 Å². The Morgan fingerprint density at radius 3 is 2.44 bits per heavy atom. The molecule has 1 saturated heterocycles. The van der Waals surface area contributed by atoms with Crippen molar-refractivity contribution in [3.63, 3.8) is 0 Å². The van der Waals surface area contributed by atoms with E-state index in [4.69, 9.17) is 16.0 Å². The molecule has 168 valence electrons. The fourth-order valence-corrected chi connectivity index (χ4v) is 5.43. The molecule has 1 fully saturated rings. The number of nitrogens with zero attached hydrogens (tertiary/aromatic N) is 3. The lowest BCUT2D eigenvalue weighted by Gasteiger charge is -2.34. The number of aromatic nitrogens is 1. The number of aryl methyl sites for hydroxylation is 1. The van der Waals surface area contributed by atoms with Crippen molar-refractivity contribution < 1.29 is 22.0 Å². The van der Waals surface area contributed by atoms with E-state index in [1.807, 2.05) is 0 Å². The number of benzene rings is 2. The Balaban J connectivity index is 1.31. The number of rotatable bonds is 6. The Hall–Kier alpha value is -2.75. The van der Waals surface area contributed by atoms with Crippen molar-refractivity contribution in [1.82, 2.24) is 14.2 Å². The van der Waals surface area contributed by atoms with Crippen molar-refractivity contribution in [3.8, 4) is 11.3 Å². The maximum atomic E-state index is 13.1. The molecule has 0 spiro atoms. The van der Waals surface area contributed by atoms with Crippen molar-refractivity contribution in [2.75, 3.05) is 26.2 Å². The molecule has 0 saturated carbocycles. The molecule has 0 unspecified atom stereocenters. The average molecular weight is 478 g/mol. The summed E-state index contributed by atoms with van der Waals surface area (Å²) >= 11 is 6.05. The largest absolute Gasteiger partial charge is 0.441 e. The van der Waals surface area contributed by atoms with Crippen molar-refractivity contribution in [2.24, 2.45) is 0 Å². The standard InChI is InChI=1S/C22H21ClFN3O4S/c23-18-3-1-2-4-20(18)32(29,30)27-13-11-26(12-14-27)22(28)10-9-21-25-15-19(31-21)16-5-7-17(24)8-6-16/h1-8,15H,9-14H2. The highest BCUT2D eigenvalue weighted by Gasteiger charge is 2.31. The zero-order valence-electron chi connectivity index (χ0n) is 17.1. The van der Waals surface area contributed by atoms with Gasteiger partial charge in [0.1, 0.15) is 10.7 Å². The van der Waals surface area contributed by atoms with E-state index in [1.54, 1.807) is 41.4 Å². The molecule has 1 aliphatic rings. The summed E-state index contributed by atoms with van der Waals surface area (Å²) in [6.07, 6.45) is 2.06. The predicted octanol–water partition coefficient (Wildman–Crippen LogP) is 3.60. The Morgan fingerprint density at radius 2 is 1.75 bits per heavy atom. The molecular weight excluding hydrogens is 457 g/mol. The summed E-state index contributed by atoms with van der Waals surface area (Å²) in [4.78, 5) is 18.5. The smallest absolute Gasteiger partial charge is 0.244 e. The third kappa shape index (κ3) is 4.85. The fourth-order valence-electron chi connectivity index (χ4n) is 3.52. The normalized spacial score (nSPS) is 15.1. The van der Waals surface area contributed by atoms with Gasteiger partial charge in [-0.25, -0.2) is 17.8 Å². The lowest BCUT2D eigenvalue weighted by Crippen LogP contribution is -2.50. The van der Waals surface area contributed by atoms with Gasteiger partial charge < -0.3 is 9.32 Å². The van der Waals surface area contributed by atoms with Crippen LogP contribution in [0.2, 0.25) is 5.02 Å². The summed E-state index contributed by atoms with van der Waals surface area (Å²) in [7, 11) is -3.71. The van der Waals surface area contributed by atoms with Crippen LogP contribution in [0.25, 0.3) is 11.3 Å². The highest BCUT2D eigenvalue weighted by molar-refractivity contribution is 7.89. The van der Waals surface area contributed by atoms with Gasteiger partial charge >= 0.3 is 0 Å². The van der Waals surface area contributed by atoms with Gasteiger partial charge in [-0.3, -0.25) is 4.79 Å². The van der Waals surface area contributed by atoms with E-state index in [2.05, 4.69) is 4.98 Å². The third-order valence-electron chi connectivity index (χ3n) is 5.28. The number of sulfonamides is 1. The van der Waals surface area contributed by atoms with Crippen LogP contribution in [0, 0.1) is 5.82 Å². The summed E-state index contributed by atoms with van der Waals surface area (Å²) in [5.41, 5.74) is 0.701. The number of oxazole rings is 1. The first-order valence-corrected chi connectivity index (χ1v) is 11.9. The number of hydrogen-bond donors (Lipinski definition) is 0. The van der Waals surface area contributed by atoms with E-state index in [0.717, 1.165) is 0 Å². The number of carbonyl (C=O) groups is 1. The topological polar surface area (TPSA) is 83.7 Å². The van der Waals surface area contributed by atoms with Crippen LogP contribution in [0.3, 0.4) is 0 Å².